The van der Waals surface area contributed by atoms with Crippen LogP contribution in [-0.4, -0.2) is 31.2 Å². The second-order valence-electron chi connectivity index (χ2n) is 4.34. The van der Waals surface area contributed by atoms with E-state index < -0.39 is 0 Å². The first-order valence-electron chi connectivity index (χ1n) is 5.22. The number of hydrogen-bond acceptors (Lipinski definition) is 4. The van der Waals surface area contributed by atoms with Crippen molar-refractivity contribution in [3.63, 3.8) is 0 Å². The Labute approximate surface area is 87.9 Å². The highest BCUT2D eigenvalue weighted by molar-refractivity contribution is 7.09. The van der Waals surface area contributed by atoms with Crippen molar-refractivity contribution in [2.75, 3.05) is 26.2 Å². The fourth-order valence-corrected chi connectivity index (χ4v) is 3.65. The van der Waals surface area contributed by atoms with Crippen LogP contribution >= 0.6 is 11.3 Å². The minimum atomic E-state index is 0.456. The highest BCUT2D eigenvalue weighted by Crippen LogP contribution is 2.43. The molecule has 0 amide bonds. The molecule has 0 aliphatic carbocycles. The van der Waals surface area contributed by atoms with Crippen LogP contribution in [0.15, 0.2) is 11.6 Å². The van der Waals surface area contributed by atoms with Crippen molar-refractivity contribution in [3.05, 3.63) is 16.6 Å². The topological polar surface area (TPSA) is 37.0 Å². The maximum absolute atomic E-state index is 4.47. The van der Waals surface area contributed by atoms with Crippen molar-refractivity contribution in [1.82, 2.24) is 15.6 Å². The molecule has 3 heterocycles. The van der Waals surface area contributed by atoms with Crippen LogP contribution in [0, 0.1) is 5.41 Å². The first kappa shape index (κ1) is 8.83. The Bertz CT molecular complexity index is 298. The molecule has 2 fully saturated rings. The lowest BCUT2D eigenvalue weighted by Crippen LogP contribution is -2.31. The smallest absolute Gasteiger partial charge is 0.0975 e. The van der Waals surface area contributed by atoms with E-state index in [0.717, 1.165) is 19.6 Å². The van der Waals surface area contributed by atoms with Crippen molar-refractivity contribution in [2.45, 2.75) is 12.3 Å². The molecule has 2 N–H and O–H groups in total. The monoisotopic (exact) mass is 209 g/mol. The molecule has 0 bridgehead atoms. The Kier molecular flexibility index (Phi) is 2.08. The molecule has 0 saturated carbocycles. The van der Waals surface area contributed by atoms with Crippen molar-refractivity contribution in [1.29, 1.82) is 0 Å². The molecule has 2 aliphatic rings. The molecule has 1 aromatic rings. The van der Waals surface area contributed by atoms with Gasteiger partial charge in [-0.25, -0.2) is 4.98 Å². The van der Waals surface area contributed by atoms with E-state index in [9.17, 15) is 0 Å². The summed E-state index contributed by atoms with van der Waals surface area (Å²) in [6.45, 7) is 4.59. The molecule has 3 nitrogen and oxygen atoms in total. The average Bonchev–Trinajstić information content (AvgIpc) is 2.91. The molecule has 2 saturated heterocycles. The third kappa shape index (κ3) is 1.21. The molecule has 4 heteroatoms. The normalized spacial score (nSPS) is 37.0. The molecule has 2 unspecified atom stereocenters. The largest absolute Gasteiger partial charge is 0.316 e. The van der Waals surface area contributed by atoms with E-state index in [1.54, 1.807) is 11.3 Å². The maximum atomic E-state index is 4.47. The lowest BCUT2D eigenvalue weighted by atomic mass is 9.77. The summed E-state index contributed by atoms with van der Waals surface area (Å²) >= 11 is 1.80. The fourth-order valence-electron chi connectivity index (χ4n) is 2.77. The summed E-state index contributed by atoms with van der Waals surface area (Å²) in [7, 11) is 0. The van der Waals surface area contributed by atoms with Gasteiger partial charge in [-0.3, -0.25) is 0 Å². The summed E-state index contributed by atoms with van der Waals surface area (Å²) in [4.78, 5) is 4.47. The van der Waals surface area contributed by atoms with Crippen LogP contribution in [0.2, 0.25) is 0 Å². The van der Waals surface area contributed by atoms with Gasteiger partial charge in [-0.15, -0.1) is 11.3 Å². The molecule has 76 valence electrons. The van der Waals surface area contributed by atoms with Gasteiger partial charge in [0.1, 0.15) is 0 Å². The van der Waals surface area contributed by atoms with Crippen LogP contribution in [0.1, 0.15) is 17.3 Å². The SMILES string of the molecule is c1csc(C2CNCC23CCNC3)n1. The van der Waals surface area contributed by atoms with Crippen LogP contribution in [0.3, 0.4) is 0 Å². The van der Waals surface area contributed by atoms with Crippen LogP contribution in [0.25, 0.3) is 0 Å². The van der Waals surface area contributed by atoms with E-state index >= 15 is 0 Å². The van der Waals surface area contributed by atoms with Gasteiger partial charge in [0.2, 0.25) is 0 Å². The molecule has 1 spiro atoms. The van der Waals surface area contributed by atoms with Gasteiger partial charge < -0.3 is 10.6 Å². The van der Waals surface area contributed by atoms with E-state index in [0.29, 0.717) is 11.3 Å². The van der Waals surface area contributed by atoms with Gasteiger partial charge >= 0.3 is 0 Å². The Hall–Kier alpha value is -0.450. The quantitative estimate of drug-likeness (QED) is 0.718. The number of nitrogens with one attached hydrogen (secondary N) is 2. The van der Waals surface area contributed by atoms with Crippen molar-refractivity contribution < 1.29 is 0 Å². The summed E-state index contributed by atoms with van der Waals surface area (Å²) in [5.74, 6) is 0.637. The van der Waals surface area contributed by atoms with E-state index in [1.807, 2.05) is 6.20 Å². The third-order valence-corrected chi connectivity index (χ3v) is 4.48. The first-order chi connectivity index (χ1) is 6.91. The van der Waals surface area contributed by atoms with Crippen molar-refractivity contribution >= 4 is 11.3 Å². The Morgan fingerprint density at radius 1 is 1.43 bits per heavy atom. The van der Waals surface area contributed by atoms with Crippen LogP contribution < -0.4 is 10.6 Å². The maximum Gasteiger partial charge on any atom is 0.0975 e. The highest BCUT2D eigenvalue weighted by Gasteiger charge is 2.46. The Morgan fingerprint density at radius 3 is 3.07 bits per heavy atom. The van der Waals surface area contributed by atoms with Gasteiger partial charge in [0, 0.05) is 42.5 Å². The Morgan fingerprint density at radius 2 is 2.36 bits per heavy atom. The zero-order chi connectivity index (χ0) is 9.43. The van der Waals surface area contributed by atoms with Gasteiger partial charge in [0.05, 0.1) is 5.01 Å². The number of hydrogen-bond donors (Lipinski definition) is 2. The Balaban J connectivity index is 1.91. The predicted octanol–water partition coefficient (Wildman–Crippen LogP) is 0.810. The van der Waals surface area contributed by atoms with Gasteiger partial charge in [-0.1, -0.05) is 0 Å². The van der Waals surface area contributed by atoms with Crippen LogP contribution in [-0.2, 0) is 0 Å². The van der Waals surface area contributed by atoms with Gasteiger partial charge in [0.15, 0.2) is 0 Å². The standard InChI is InChI=1S/C10H15N3S/c1-2-11-6-10(1)7-12-5-8(10)9-13-3-4-14-9/h3-4,8,11-12H,1-2,5-7H2. The number of rotatable bonds is 1. The molecular formula is C10H15N3S. The first-order valence-corrected chi connectivity index (χ1v) is 6.10. The van der Waals surface area contributed by atoms with Crippen molar-refractivity contribution in [3.8, 4) is 0 Å². The summed E-state index contributed by atoms with van der Waals surface area (Å²) < 4.78 is 0. The predicted molar refractivity (Wildman–Crippen MR) is 57.6 cm³/mol. The lowest BCUT2D eigenvalue weighted by Gasteiger charge is -2.27. The number of thiazole rings is 1. The molecule has 0 aromatic carbocycles. The van der Waals surface area contributed by atoms with E-state index in [2.05, 4.69) is 21.0 Å². The second-order valence-corrected chi connectivity index (χ2v) is 5.27. The van der Waals surface area contributed by atoms with Crippen LogP contribution in [0.5, 0.6) is 0 Å². The summed E-state index contributed by atoms with van der Waals surface area (Å²) in [5, 5.41) is 10.4. The summed E-state index contributed by atoms with van der Waals surface area (Å²) in [6, 6.07) is 0. The van der Waals surface area contributed by atoms with E-state index in [1.165, 1.54) is 18.0 Å². The molecule has 0 radical (unpaired) electrons. The molecule has 2 aliphatic heterocycles. The zero-order valence-corrected chi connectivity index (χ0v) is 8.94. The lowest BCUT2D eigenvalue weighted by molar-refractivity contribution is 0.320. The van der Waals surface area contributed by atoms with Crippen molar-refractivity contribution in [2.24, 2.45) is 5.41 Å². The third-order valence-electron chi connectivity index (χ3n) is 3.59. The van der Waals surface area contributed by atoms with Gasteiger partial charge in [0.25, 0.3) is 0 Å². The molecule has 1 aromatic heterocycles. The second kappa shape index (κ2) is 3.29. The minimum absolute atomic E-state index is 0.456. The van der Waals surface area contributed by atoms with Gasteiger partial charge in [-0.05, 0) is 13.0 Å². The molecule has 2 atom stereocenters. The summed E-state index contributed by atoms with van der Waals surface area (Å²) in [5.41, 5.74) is 0.456. The van der Waals surface area contributed by atoms with Gasteiger partial charge in [-0.2, -0.15) is 0 Å². The average molecular weight is 209 g/mol. The molecular weight excluding hydrogens is 194 g/mol. The fraction of sp³-hybridized carbons (Fsp3) is 0.700. The zero-order valence-electron chi connectivity index (χ0n) is 8.12. The molecule has 14 heavy (non-hydrogen) atoms. The minimum Gasteiger partial charge on any atom is -0.316 e. The molecule has 3 rings (SSSR count). The highest BCUT2D eigenvalue weighted by atomic mass is 32.1. The number of nitrogens with zero attached hydrogens (tertiary/aromatic N) is 1. The van der Waals surface area contributed by atoms with Crippen LogP contribution in [0.4, 0.5) is 0 Å². The van der Waals surface area contributed by atoms with E-state index in [4.69, 9.17) is 0 Å². The number of aromatic nitrogens is 1. The van der Waals surface area contributed by atoms with E-state index in [-0.39, 0.29) is 0 Å². The summed E-state index contributed by atoms with van der Waals surface area (Å²) in [6.07, 6.45) is 3.22.